The summed E-state index contributed by atoms with van der Waals surface area (Å²) >= 11 is 0. The van der Waals surface area contributed by atoms with E-state index in [0.717, 1.165) is 54.8 Å². The van der Waals surface area contributed by atoms with E-state index in [2.05, 4.69) is 0 Å². The fourth-order valence-corrected chi connectivity index (χ4v) is 5.49. The molecule has 0 bridgehead atoms. The number of fused-ring (bicyclic) bond motifs is 1. The highest BCUT2D eigenvalue weighted by Gasteiger charge is 2.41. The molecular formula is C34H35F3NO7+. The molecular weight excluding hydrogens is 591 g/mol. The molecule has 1 aromatic heterocycles. The predicted octanol–water partition coefficient (Wildman–Crippen LogP) is 6.42. The third-order valence-corrected chi connectivity index (χ3v) is 8.09. The van der Waals surface area contributed by atoms with Gasteiger partial charge in [-0.15, -0.1) is 0 Å². The molecule has 1 N–H and O–H groups in total. The Bertz CT molecular complexity index is 1770. The van der Waals surface area contributed by atoms with Crippen LogP contribution in [-0.4, -0.2) is 33.3 Å². The Labute approximate surface area is 258 Å². The molecule has 0 atom stereocenters. The van der Waals surface area contributed by atoms with E-state index in [4.69, 9.17) is 23.4 Å². The minimum Gasteiger partial charge on any atom is -0.493 e. The Balaban J connectivity index is 1.65. The van der Waals surface area contributed by atoms with Gasteiger partial charge in [0.25, 0.3) is 5.76 Å². The Morgan fingerprint density at radius 1 is 0.867 bits per heavy atom. The number of esters is 1. The number of rotatable bonds is 8. The van der Waals surface area contributed by atoms with Crippen LogP contribution in [0.15, 0.2) is 57.7 Å². The molecule has 0 saturated carbocycles. The fourth-order valence-electron chi connectivity index (χ4n) is 5.49. The largest absolute Gasteiger partial charge is 0.493 e. The van der Waals surface area contributed by atoms with Gasteiger partial charge in [0.2, 0.25) is 11.2 Å². The molecule has 3 aromatic carbocycles. The number of aryl methyl sites for hydroxylation is 2. The SMILES string of the molecule is COc1ccc(C(=O)Oc2ccc3c(=O)c(Oc4ccc(C)c(C)c4)c(C(F)(F)F)oc3c2C[NH+]2CCCCCC2)cc1OC. The lowest BCUT2D eigenvalue weighted by Gasteiger charge is -2.21. The van der Waals surface area contributed by atoms with Gasteiger partial charge in [-0.1, -0.05) is 6.07 Å². The van der Waals surface area contributed by atoms with Crippen molar-refractivity contribution < 1.29 is 46.2 Å². The van der Waals surface area contributed by atoms with Gasteiger partial charge in [0, 0.05) is 0 Å². The van der Waals surface area contributed by atoms with Gasteiger partial charge in [-0.25, -0.2) is 4.79 Å². The summed E-state index contributed by atoms with van der Waals surface area (Å²) in [6.45, 7) is 5.36. The van der Waals surface area contributed by atoms with Crippen molar-refractivity contribution >= 4 is 16.9 Å². The molecule has 1 fully saturated rings. The van der Waals surface area contributed by atoms with Crippen LogP contribution in [0.1, 0.15) is 58.5 Å². The Morgan fingerprint density at radius 2 is 1.56 bits per heavy atom. The van der Waals surface area contributed by atoms with Gasteiger partial charge >= 0.3 is 12.1 Å². The molecule has 0 unspecified atom stereocenters. The highest BCUT2D eigenvalue weighted by atomic mass is 19.4. The fraction of sp³-hybridized carbons (Fsp3) is 0.353. The number of halogens is 3. The average molecular weight is 627 g/mol. The van der Waals surface area contributed by atoms with Crippen LogP contribution in [-0.2, 0) is 12.7 Å². The van der Waals surface area contributed by atoms with E-state index in [1.54, 1.807) is 25.1 Å². The zero-order chi connectivity index (χ0) is 32.3. The Morgan fingerprint density at radius 3 is 2.20 bits per heavy atom. The molecule has 8 nitrogen and oxygen atoms in total. The Kier molecular flexibility index (Phi) is 9.38. The van der Waals surface area contributed by atoms with E-state index in [9.17, 15) is 22.8 Å². The second-order valence-corrected chi connectivity index (χ2v) is 11.2. The highest BCUT2D eigenvalue weighted by Crippen LogP contribution is 2.40. The van der Waals surface area contributed by atoms with E-state index in [1.165, 1.54) is 44.6 Å². The van der Waals surface area contributed by atoms with Gasteiger partial charge in [0.05, 0.1) is 43.8 Å². The van der Waals surface area contributed by atoms with E-state index in [-0.39, 0.29) is 40.1 Å². The third-order valence-electron chi connectivity index (χ3n) is 8.09. The molecule has 238 valence electrons. The van der Waals surface area contributed by atoms with Crippen molar-refractivity contribution in [3.8, 4) is 28.7 Å². The van der Waals surface area contributed by atoms with Crippen molar-refractivity contribution in [2.24, 2.45) is 0 Å². The minimum absolute atomic E-state index is 0.00173. The Hall–Kier alpha value is -4.51. The quantitative estimate of drug-likeness (QED) is 0.179. The van der Waals surface area contributed by atoms with E-state index < -0.39 is 29.1 Å². The predicted molar refractivity (Wildman–Crippen MR) is 161 cm³/mol. The minimum atomic E-state index is -5.05. The molecule has 1 saturated heterocycles. The van der Waals surface area contributed by atoms with E-state index >= 15 is 0 Å². The van der Waals surface area contributed by atoms with E-state index in [1.807, 2.05) is 6.92 Å². The maximum Gasteiger partial charge on any atom is 0.453 e. The van der Waals surface area contributed by atoms with E-state index in [0.29, 0.717) is 11.5 Å². The summed E-state index contributed by atoms with van der Waals surface area (Å²) in [5.41, 5.74) is 0.754. The second kappa shape index (κ2) is 13.2. The highest BCUT2D eigenvalue weighted by molar-refractivity contribution is 5.93. The maximum absolute atomic E-state index is 14.5. The van der Waals surface area contributed by atoms with Crippen molar-refractivity contribution in [1.82, 2.24) is 0 Å². The monoisotopic (exact) mass is 626 g/mol. The topological polar surface area (TPSA) is 88.6 Å². The van der Waals surface area contributed by atoms with Crippen LogP contribution in [0.5, 0.6) is 28.7 Å². The number of hydrogen-bond acceptors (Lipinski definition) is 7. The number of hydrogen-bond donors (Lipinski definition) is 1. The molecule has 1 aliphatic rings. The summed E-state index contributed by atoms with van der Waals surface area (Å²) in [5, 5.41) is -0.114. The third kappa shape index (κ3) is 6.93. The second-order valence-electron chi connectivity index (χ2n) is 11.2. The number of carbonyl (C=O) groups excluding carboxylic acids is 1. The molecule has 45 heavy (non-hydrogen) atoms. The summed E-state index contributed by atoms with van der Waals surface area (Å²) in [7, 11) is 2.89. The first-order chi connectivity index (χ1) is 21.5. The van der Waals surface area contributed by atoms with Crippen LogP contribution in [0.3, 0.4) is 0 Å². The van der Waals surface area contributed by atoms with Crippen LogP contribution in [0.4, 0.5) is 13.2 Å². The first kappa shape index (κ1) is 31.9. The molecule has 0 aliphatic carbocycles. The smallest absolute Gasteiger partial charge is 0.453 e. The molecule has 0 radical (unpaired) electrons. The van der Waals surface area contributed by atoms with Crippen molar-refractivity contribution in [2.45, 2.75) is 52.3 Å². The lowest BCUT2D eigenvalue weighted by molar-refractivity contribution is -0.913. The van der Waals surface area contributed by atoms with Gasteiger partial charge in [-0.2, -0.15) is 13.2 Å². The van der Waals surface area contributed by atoms with Crippen LogP contribution < -0.4 is 29.3 Å². The summed E-state index contributed by atoms with van der Waals surface area (Å²) in [6, 6.07) is 11.9. The number of carbonyl (C=O) groups is 1. The van der Waals surface area contributed by atoms with Crippen molar-refractivity contribution in [2.75, 3.05) is 27.3 Å². The standard InChI is InChI=1S/C34H34F3NO7/c1-20-9-11-23(17-21(20)2)43-31-29(39)24-12-14-26(44-33(40)22-10-13-27(41-3)28(18-22)42-4)25(19-38-15-7-5-6-8-16-38)30(24)45-32(31)34(35,36)37/h9-14,17-18H,5-8,15-16,19H2,1-4H3/p+1. The van der Waals surface area contributed by atoms with Crippen LogP contribution in [0.2, 0.25) is 0 Å². The van der Waals surface area contributed by atoms with Crippen LogP contribution in [0.25, 0.3) is 11.0 Å². The molecule has 0 spiro atoms. The van der Waals surface area contributed by atoms with Gasteiger partial charge in [-0.3, -0.25) is 4.79 Å². The number of benzene rings is 3. The number of quaternary nitrogens is 1. The number of nitrogens with one attached hydrogen (secondary N) is 1. The number of ether oxygens (including phenoxy) is 4. The van der Waals surface area contributed by atoms with Crippen LogP contribution in [0, 0.1) is 13.8 Å². The lowest BCUT2D eigenvalue weighted by Crippen LogP contribution is -3.10. The normalized spacial score (nSPS) is 14.2. The number of likely N-dealkylation sites (tertiary alicyclic amines) is 1. The van der Waals surface area contributed by atoms with Crippen molar-refractivity contribution in [3.05, 3.63) is 86.8 Å². The zero-order valence-electron chi connectivity index (χ0n) is 25.6. The average Bonchev–Trinajstić information content (AvgIpc) is 3.29. The molecule has 4 aromatic rings. The van der Waals surface area contributed by atoms with Crippen molar-refractivity contribution in [1.29, 1.82) is 0 Å². The molecule has 11 heteroatoms. The molecule has 2 heterocycles. The van der Waals surface area contributed by atoms with Gasteiger partial charge < -0.3 is 28.3 Å². The van der Waals surface area contributed by atoms with Crippen LogP contribution >= 0.6 is 0 Å². The molecule has 5 rings (SSSR count). The lowest BCUT2D eigenvalue weighted by atomic mass is 10.1. The van der Waals surface area contributed by atoms with Gasteiger partial charge in [0.1, 0.15) is 18.0 Å². The molecule has 1 aliphatic heterocycles. The first-order valence-electron chi connectivity index (χ1n) is 14.7. The summed E-state index contributed by atoms with van der Waals surface area (Å²) in [6.07, 6.45) is -1.08. The first-order valence-corrected chi connectivity index (χ1v) is 14.7. The maximum atomic E-state index is 14.5. The summed E-state index contributed by atoms with van der Waals surface area (Å²) < 4.78 is 70.9. The number of methoxy groups -OCH3 is 2. The molecule has 0 amide bonds. The summed E-state index contributed by atoms with van der Waals surface area (Å²) in [4.78, 5) is 28.1. The summed E-state index contributed by atoms with van der Waals surface area (Å²) in [5.74, 6) is -2.50. The van der Waals surface area contributed by atoms with Gasteiger partial charge in [0.15, 0.2) is 17.1 Å². The number of alkyl halides is 3. The van der Waals surface area contributed by atoms with Gasteiger partial charge in [-0.05, 0) is 93.1 Å². The zero-order valence-corrected chi connectivity index (χ0v) is 25.6. The van der Waals surface area contributed by atoms with Crippen molar-refractivity contribution in [3.63, 3.8) is 0 Å².